The Kier molecular flexibility index (Phi) is 11.1. The van der Waals surface area contributed by atoms with Gasteiger partial charge in [0.2, 0.25) is 0 Å². The summed E-state index contributed by atoms with van der Waals surface area (Å²) in [6.07, 6.45) is 1.29. The van der Waals surface area contributed by atoms with Crippen molar-refractivity contribution in [3.05, 3.63) is 33.1 Å². The third-order valence-electron chi connectivity index (χ3n) is 0.686. The van der Waals surface area contributed by atoms with Crippen molar-refractivity contribution >= 4 is 0 Å². The summed E-state index contributed by atoms with van der Waals surface area (Å²) in [5, 5.41) is 0. The fourth-order valence-corrected chi connectivity index (χ4v) is 0.383. The van der Waals surface area contributed by atoms with E-state index in [1.165, 1.54) is 12.3 Å². The standard InChI is InChI=1S/C4H4N2O2.2FH.Pt/c7-3-1-2-5-4(8)6-3;;;/h1-2H,(H2,5,6,7,8);2*1H;. The molecule has 0 fully saturated rings. The average Bonchev–Trinajstić information content (AvgIpc) is 1.64. The van der Waals surface area contributed by atoms with E-state index in [0.29, 0.717) is 0 Å². The minimum atomic E-state index is -0.475. The Balaban J connectivity index is -0.000000213. The smallest absolute Gasteiger partial charge is 0.314 e. The van der Waals surface area contributed by atoms with Gasteiger partial charge in [-0.1, -0.05) is 0 Å². The number of aromatic amines is 2. The molecule has 0 saturated carbocycles. The van der Waals surface area contributed by atoms with Crippen LogP contribution in [0.2, 0.25) is 0 Å². The average molecular weight is 347 g/mol. The van der Waals surface area contributed by atoms with Crippen molar-refractivity contribution in [2.24, 2.45) is 0 Å². The molecule has 0 radical (unpaired) electrons. The van der Waals surface area contributed by atoms with Crippen molar-refractivity contribution in [2.75, 3.05) is 0 Å². The Morgan fingerprint density at radius 3 is 2.00 bits per heavy atom. The molecular formula is C4H6F2N2O2Pt. The van der Waals surface area contributed by atoms with E-state index >= 15 is 0 Å². The number of hydrogen-bond acceptors (Lipinski definition) is 2. The van der Waals surface area contributed by atoms with Crippen LogP contribution in [0.4, 0.5) is 9.41 Å². The number of H-pyrrole nitrogens is 2. The first-order valence-corrected chi connectivity index (χ1v) is 2.07. The summed E-state index contributed by atoms with van der Waals surface area (Å²) in [6.45, 7) is 0. The molecule has 0 saturated heterocycles. The number of rotatable bonds is 0. The van der Waals surface area contributed by atoms with E-state index in [0.717, 1.165) is 0 Å². The second-order valence-electron chi connectivity index (χ2n) is 1.30. The second-order valence-corrected chi connectivity index (χ2v) is 1.30. The Labute approximate surface area is 74.0 Å². The molecule has 0 aliphatic rings. The second kappa shape index (κ2) is 7.34. The first-order chi connectivity index (χ1) is 3.79. The predicted molar refractivity (Wildman–Crippen MR) is 32.7 cm³/mol. The van der Waals surface area contributed by atoms with Gasteiger partial charge in [-0.25, -0.2) is 4.79 Å². The van der Waals surface area contributed by atoms with Crippen molar-refractivity contribution in [3.8, 4) is 0 Å². The largest absolute Gasteiger partial charge is 0.325 e. The Hall–Kier alpha value is -0.772. The van der Waals surface area contributed by atoms with Crippen LogP contribution < -0.4 is 11.2 Å². The summed E-state index contributed by atoms with van der Waals surface area (Å²) in [6, 6.07) is 1.24. The number of aromatic nitrogens is 2. The molecule has 68 valence electrons. The van der Waals surface area contributed by atoms with Gasteiger partial charge in [0.25, 0.3) is 5.56 Å². The third kappa shape index (κ3) is 5.66. The fourth-order valence-electron chi connectivity index (χ4n) is 0.383. The van der Waals surface area contributed by atoms with E-state index in [1.807, 2.05) is 4.98 Å². The summed E-state index contributed by atoms with van der Waals surface area (Å²) in [4.78, 5) is 24.7. The zero-order valence-corrected chi connectivity index (χ0v) is 7.38. The van der Waals surface area contributed by atoms with Crippen molar-refractivity contribution in [1.29, 1.82) is 0 Å². The van der Waals surface area contributed by atoms with Gasteiger partial charge >= 0.3 is 5.69 Å². The molecule has 1 aromatic rings. The maximum atomic E-state index is 10.2. The Bertz CT molecular complexity index is 258. The minimum absolute atomic E-state index is 0. The van der Waals surface area contributed by atoms with Crippen LogP contribution in [0, 0.1) is 0 Å². The van der Waals surface area contributed by atoms with Gasteiger partial charge in [-0.15, -0.1) is 0 Å². The van der Waals surface area contributed by atoms with Crippen LogP contribution in [-0.4, -0.2) is 9.97 Å². The monoisotopic (exact) mass is 347 g/mol. The molecule has 1 aromatic heterocycles. The third-order valence-corrected chi connectivity index (χ3v) is 0.686. The van der Waals surface area contributed by atoms with Gasteiger partial charge in [-0.2, -0.15) is 0 Å². The molecule has 4 nitrogen and oxygen atoms in total. The molecule has 0 aliphatic heterocycles. The molecule has 7 heteroatoms. The van der Waals surface area contributed by atoms with E-state index in [9.17, 15) is 9.59 Å². The molecule has 0 atom stereocenters. The molecule has 1 rings (SSSR count). The van der Waals surface area contributed by atoms with Gasteiger partial charge in [0, 0.05) is 33.3 Å². The molecule has 0 spiro atoms. The van der Waals surface area contributed by atoms with E-state index in [4.69, 9.17) is 0 Å². The maximum Gasteiger partial charge on any atom is 0.325 e. The van der Waals surface area contributed by atoms with Crippen LogP contribution in [0.3, 0.4) is 0 Å². The van der Waals surface area contributed by atoms with E-state index in [1.54, 1.807) is 0 Å². The molecule has 0 amide bonds. The maximum absolute atomic E-state index is 10.2. The van der Waals surface area contributed by atoms with E-state index in [2.05, 4.69) is 4.98 Å². The first kappa shape index (κ1) is 16.7. The molecule has 0 aliphatic carbocycles. The van der Waals surface area contributed by atoms with Gasteiger partial charge in [0.05, 0.1) is 0 Å². The Morgan fingerprint density at radius 1 is 1.18 bits per heavy atom. The molecule has 0 bridgehead atoms. The van der Waals surface area contributed by atoms with Gasteiger partial charge in [-0.3, -0.25) is 19.2 Å². The number of hydrogen-bond donors (Lipinski definition) is 2. The fraction of sp³-hybridized carbons (Fsp3) is 0. The van der Waals surface area contributed by atoms with Gasteiger partial charge in [0.15, 0.2) is 0 Å². The minimum Gasteiger partial charge on any atom is -0.314 e. The normalized spacial score (nSPS) is 6.55. The van der Waals surface area contributed by atoms with Crippen LogP contribution in [0.1, 0.15) is 0 Å². The zero-order chi connectivity index (χ0) is 5.98. The molecular weight excluding hydrogens is 341 g/mol. The molecule has 0 unspecified atom stereocenters. The number of halogens is 2. The Morgan fingerprint density at radius 2 is 1.73 bits per heavy atom. The quantitative estimate of drug-likeness (QED) is 0.656. The first-order valence-electron chi connectivity index (χ1n) is 2.07. The van der Waals surface area contributed by atoms with Crippen LogP contribution in [-0.2, 0) is 21.1 Å². The summed E-state index contributed by atoms with van der Waals surface area (Å²) >= 11 is 0. The molecule has 2 N–H and O–H groups in total. The van der Waals surface area contributed by atoms with Crippen molar-refractivity contribution in [2.45, 2.75) is 0 Å². The van der Waals surface area contributed by atoms with Gasteiger partial charge < -0.3 is 4.98 Å². The molecule has 0 aromatic carbocycles. The van der Waals surface area contributed by atoms with Crippen molar-refractivity contribution in [3.63, 3.8) is 0 Å². The summed E-state index contributed by atoms with van der Waals surface area (Å²) < 4.78 is 0. The zero-order valence-electron chi connectivity index (χ0n) is 5.10. The molecule has 1 heterocycles. The van der Waals surface area contributed by atoms with Crippen LogP contribution >= 0.6 is 0 Å². The topological polar surface area (TPSA) is 65.7 Å². The SMILES string of the molecule is F.F.O=c1cc[nH]c(=O)[nH]1.[Pt]. The van der Waals surface area contributed by atoms with E-state index in [-0.39, 0.29) is 36.0 Å². The predicted octanol–water partition coefficient (Wildman–Crippen LogP) is -0.634. The van der Waals surface area contributed by atoms with Crippen molar-refractivity contribution in [1.82, 2.24) is 9.97 Å². The van der Waals surface area contributed by atoms with Crippen LogP contribution in [0.5, 0.6) is 0 Å². The van der Waals surface area contributed by atoms with Gasteiger partial charge in [0.1, 0.15) is 0 Å². The van der Waals surface area contributed by atoms with E-state index < -0.39 is 5.69 Å². The summed E-state index contributed by atoms with van der Waals surface area (Å²) in [5.41, 5.74) is -0.855. The summed E-state index contributed by atoms with van der Waals surface area (Å²) in [7, 11) is 0. The van der Waals surface area contributed by atoms with Crippen LogP contribution in [0.25, 0.3) is 0 Å². The van der Waals surface area contributed by atoms with Crippen molar-refractivity contribution < 1.29 is 30.5 Å². The molecule has 11 heavy (non-hydrogen) atoms. The number of nitrogens with one attached hydrogen (secondary N) is 2. The summed E-state index contributed by atoms with van der Waals surface area (Å²) in [5.74, 6) is 0. The van der Waals surface area contributed by atoms with Crippen LogP contribution in [0.15, 0.2) is 21.9 Å². The van der Waals surface area contributed by atoms with Gasteiger partial charge in [-0.05, 0) is 0 Å².